The highest BCUT2D eigenvalue weighted by atomic mass is 32.2. The fraction of sp³-hybridized carbons (Fsp3) is 0.222. The first kappa shape index (κ1) is 25.2. The number of pyridine rings is 1. The molecule has 0 amide bonds. The molecule has 0 aliphatic rings. The second-order valence-corrected chi connectivity index (χ2v) is 10.3. The average Bonchev–Trinajstić information content (AvgIpc) is 2.88. The number of hydrogen-bond acceptors (Lipinski definition) is 6. The van der Waals surface area contributed by atoms with Crippen LogP contribution in [0, 0.1) is 5.95 Å². The molecule has 0 fully saturated rings. The van der Waals surface area contributed by atoms with Crippen LogP contribution in [0.1, 0.15) is 44.1 Å². The number of rotatable bonds is 8. The molecule has 4 rings (SSSR count). The van der Waals surface area contributed by atoms with Gasteiger partial charge in [-0.1, -0.05) is 55.8 Å². The fourth-order valence-corrected chi connectivity index (χ4v) is 5.41. The van der Waals surface area contributed by atoms with Crippen LogP contribution in [0.5, 0.6) is 5.88 Å². The van der Waals surface area contributed by atoms with E-state index < -0.39 is 38.2 Å². The lowest BCUT2D eigenvalue weighted by Crippen LogP contribution is -2.32. The van der Waals surface area contributed by atoms with Crippen LogP contribution < -0.4 is 5.56 Å². The third kappa shape index (κ3) is 4.92. The van der Waals surface area contributed by atoms with Gasteiger partial charge < -0.3 is 5.11 Å². The van der Waals surface area contributed by atoms with Gasteiger partial charge in [0.25, 0.3) is 5.56 Å². The predicted octanol–water partition coefficient (Wildman–Crippen LogP) is 4.93. The number of halogens is 1. The fourth-order valence-electron chi connectivity index (χ4n) is 4.07. The molecule has 0 bridgehead atoms. The molecular weight excluding hydrogens is 481 g/mol. The molecule has 0 saturated carbocycles. The Kier molecular flexibility index (Phi) is 7.30. The third-order valence-corrected chi connectivity index (χ3v) is 7.83. The Balaban J connectivity index is 1.82. The van der Waals surface area contributed by atoms with E-state index in [-0.39, 0.29) is 4.90 Å². The van der Waals surface area contributed by atoms with Crippen molar-refractivity contribution in [1.29, 1.82) is 0 Å². The Morgan fingerprint density at radius 3 is 2.28 bits per heavy atom. The lowest BCUT2D eigenvalue weighted by molar-refractivity contribution is 0.412. The van der Waals surface area contributed by atoms with E-state index in [1.54, 1.807) is 6.92 Å². The van der Waals surface area contributed by atoms with Crippen molar-refractivity contribution in [2.24, 2.45) is 0 Å². The maximum Gasteiger partial charge on any atom is 0.277 e. The lowest BCUT2D eigenvalue weighted by atomic mass is 10.1. The van der Waals surface area contributed by atoms with Crippen molar-refractivity contribution in [3.8, 4) is 17.0 Å². The highest BCUT2D eigenvalue weighted by molar-refractivity contribution is 7.91. The zero-order valence-corrected chi connectivity index (χ0v) is 20.7. The first-order valence-electron chi connectivity index (χ1n) is 11.6. The SMILES string of the molecule is CCCCc1nc(O)c(S(=O)(=O)c2ccc(-c3ccc(F)nc3)cc2)c(=O)n1[C@H](C)c1ccccc1. The van der Waals surface area contributed by atoms with Gasteiger partial charge in [-0.3, -0.25) is 9.36 Å². The Hall–Kier alpha value is -3.85. The standard InChI is InChI=1S/C27H26FN3O4S/c1-3-4-10-24-30-26(32)25(27(33)31(24)18(2)19-8-6-5-7-9-19)36(34,35)22-14-11-20(12-15-22)21-13-16-23(28)29-17-21/h5-9,11-18,32H,3-4,10H2,1-2H3/t18-/m1/s1. The Bertz CT molecular complexity index is 1520. The molecule has 2 aromatic heterocycles. The highest BCUT2D eigenvalue weighted by Gasteiger charge is 2.31. The predicted molar refractivity (Wildman–Crippen MR) is 134 cm³/mol. The van der Waals surface area contributed by atoms with Crippen molar-refractivity contribution < 1.29 is 17.9 Å². The molecule has 7 nitrogen and oxygen atoms in total. The van der Waals surface area contributed by atoms with Crippen LogP contribution >= 0.6 is 0 Å². The molecule has 186 valence electrons. The van der Waals surface area contributed by atoms with Gasteiger partial charge in [-0.05, 0) is 48.7 Å². The molecule has 0 radical (unpaired) electrons. The minimum absolute atomic E-state index is 0.171. The summed E-state index contributed by atoms with van der Waals surface area (Å²) in [4.78, 5) is 20.5. The monoisotopic (exact) mass is 507 g/mol. The van der Waals surface area contributed by atoms with E-state index in [1.807, 2.05) is 37.3 Å². The number of aromatic nitrogens is 3. The summed E-state index contributed by atoms with van der Waals surface area (Å²) in [6.07, 6.45) is 3.32. The summed E-state index contributed by atoms with van der Waals surface area (Å²) in [6, 6.07) is 17.2. The molecule has 36 heavy (non-hydrogen) atoms. The largest absolute Gasteiger partial charge is 0.492 e. The van der Waals surface area contributed by atoms with E-state index >= 15 is 0 Å². The first-order chi connectivity index (χ1) is 17.2. The molecule has 1 atom stereocenters. The van der Waals surface area contributed by atoms with Crippen LogP contribution in [-0.4, -0.2) is 28.1 Å². The topological polar surface area (TPSA) is 102 Å². The van der Waals surface area contributed by atoms with Crippen LogP contribution in [0.3, 0.4) is 0 Å². The summed E-state index contributed by atoms with van der Waals surface area (Å²) in [5, 5.41) is 10.7. The lowest BCUT2D eigenvalue weighted by Gasteiger charge is -2.21. The van der Waals surface area contributed by atoms with E-state index in [2.05, 4.69) is 9.97 Å². The number of aryl methyl sites for hydroxylation is 1. The number of nitrogens with zero attached hydrogens (tertiary/aromatic N) is 3. The Labute approximate surface area is 208 Å². The maximum absolute atomic E-state index is 13.7. The zero-order chi connectivity index (χ0) is 25.9. The highest BCUT2D eigenvalue weighted by Crippen LogP contribution is 2.29. The molecule has 0 spiro atoms. The summed E-state index contributed by atoms with van der Waals surface area (Å²) in [6.45, 7) is 3.79. The van der Waals surface area contributed by atoms with E-state index in [1.165, 1.54) is 47.2 Å². The minimum atomic E-state index is -4.40. The number of hydrogen-bond donors (Lipinski definition) is 1. The van der Waals surface area contributed by atoms with Crippen LogP contribution in [0.4, 0.5) is 4.39 Å². The van der Waals surface area contributed by atoms with Crippen molar-refractivity contribution in [2.45, 2.75) is 48.9 Å². The molecule has 0 saturated heterocycles. The summed E-state index contributed by atoms with van der Waals surface area (Å²) in [7, 11) is -4.40. The van der Waals surface area contributed by atoms with Gasteiger partial charge in [-0.2, -0.15) is 9.37 Å². The molecule has 4 aromatic rings. The van der Waals surface area contributed by atoms with E-state index in [4.69, 9.17) is 0 Å². The molecule has 2 heterocycles. The summed E-state index contributed by atoms with van der Waals surface area (Å²) in [5.74, 6) is -1.10. The summed E-state index contributed by atoms with van der Waals surface area (Å²) in [5.41, 5.74) is 1.21. The smallest absolute Gasteiger partial charge is 0.277 e. The zero-order valence-electron chi connectivity index (χ0n) is 19.9. The molecule has 2 aromatic carbocycles. The van der Waals surface area contributed by atoms with Gasteiger partial charge in [-0.25, -0.2) is 13.4 Å². The Morgan fingerprint density at radius 2 is 1.67 bits per heavy atom. The molecule has 0 aliphatic heterocycles. The molecular formula is C27H26FN3O4S. The number of benzene rings is 2. The number of sulfone groups is 1. The van der Waals surface area contributed by atoms with Crippen molar-refractivity contribution in [3.05, 3.63) is 101 Å². The second-order valence-electron chi connectivity index (χ2n) is 8.44. The van der Waals surface area contributed by atoms with Crippen LogP contribution in [0.25, 0.3) is 11.1 Å². The number of unbranched alkanes of at least 4 members (excludes halogenated alkanes) is 1. The minimum Gasteiger partial charge on any atom is -0.492 e. The maximum atomic E-state index is 13.7. The third-order valence-electron chi connectivity index (χ3n) is 6.05. The van der Waals surface area contributed by atoms with Crippen LogP contribution in [0.15, 0.2) is 87.5 Å². The van der Waals surface area contributed by atoms with Gasteiger partial charge in [0.2, 0.25) is 21.7 Å². The molecule has 9 heteroatoms. The van der Waals surface area contributed by atoms with E-state index in [9.17, 15) is 22.7 Å². The van der Waals surface area contributed by atoms with Crippen LogP contribution in [-0.2, 0) is 16.3 Å². The van der Waals surface area contributed by atoms with Gasteiger partial charge in [0.15, 0.2) is 4.90 Å². The molecule has 0 unspecified atom stereocenters. The summed E-state index contributed by atoms with van der Waals surface area (Å²) < 4.78 is 41.5. The van der Waals surface area contributed by atoms with E-state index in [0.717, 1.165) is 18.4 Å². The van der Waals surface area contributed by atoms with E-state index in [0.29, 0.717) is 23.4 Å². The molecule has 0 aliphatic carbocycles. The van der Waals surface area contributed by atoms with Gasteiger partial charge in [0.1, 0.15) is 5.82 Å². The summed E-state index contributed by atoms with van der Waals surface area (Å²) >= 11 is 0. The normalized spacial score (nSPS) is 12.4. The first-order valence-corrected chi connectivity index (χ1v) is 13.1. The van der Waals surface area contributed by atoms with Crippen molar-refractivity contribution in [2.75, 3.05) is 0 Å². The van der Waals surface area contributed by atoms with Crippen LogP contribution in [0.2, 0.25) is 0 Å². The van der Waals surface area contributed by atoms with Gasteiger partial charge in [-0.15, -0.1) is 0 Å². The Morgan fingerprint density at radius 1 is 1.00 bits per heavy atom. The average molecular weight is 508 g/mol. The molecule has 1 N–H and O–H groups in total. The van der Waals surface area contributed by atoms with Crippen molar-refractivity contribution >= 4 is 9.84 Å². The van der Waals surface area contributed by atoms with Crippen molar-refractivity contribution in [3.63, 3.8) is 0 Å². The van der Waals surface area contributed by atoms with Gasteiger partial charge >= 0.3 is 0 Å². The number of aromatic hydroxyl groups is 1. The van der Waals surface area contributed by atoms with Gasteiger partial charge in [0.05, 0.1) is 10.9 Å². The second kappa shape index (κ2) is 10.4. The van der Waals surface area contributed by atoms with Gasteiger partial charge in [0, 0.05) is 18.2 Å². The quantitative estimate of drug-likeness (QED) is 0.339. The van der Waals surface area contributed by atoms with Crippen molar-refractivity contribution in [1.82, 2.24) is 14.5 Å².